The quantitative estimate of drug-likeness (QED) is 0.929. The van der Waals surface area contributed by atoms with Crippen LogP contribution in [0.25, 0.3) is 0 Å². The Balaban J connectivity index is 2.00. The maximum absolute atomic E-state index is 12.2. The molecule has 1 aromatic rings. The highest BCUT2D eigenvalue weighted by molar-refractivity contribution is 7.89. The van der Waals surface area contributed by atoms with Gasteiger partial charge in [-0.15, -0.1) is 0 Å². The monoisotopic (exact) mass is 303 g/mol. The summed E-state index contributed by atoms with van der Waals surface area (Å²) in [6.07, 6.45) is 1.96. The highest BCUT2D eigenvalue weighted by Crippen LogP contribution is 2.22. The zero-order valence-electron chi connectivity index (χ0n) is 10.8. The fourth-order valence-corrected chi connectivity index (χ4v) is 3.88. The summed E-state index contributed by atoms with van der Waals surface area (Å²) >= 11 is 5.91. The fourth-order valence-electron chi connectivity index (χ4n) is 2.24. The number of halogens is 1. The van der Waals surface area contributed by atoms with Crippen LogP contribution < -0.4 is 4.72 Å². The molecule has 1 heterocycles. The van der Waals surface area contributed by atoms with Gasteiger partial charge >= 0.3 is 0 Å². The summed E-state index contributed by atoms with van der Waals surface area (Å²) in [5.41, 5.74) is 0. The number of hydrogen-bond acceptors (Lipinski definition) is 3. The first-order valence-electron chi connectivity index (χ1n) is 6.35. The lowest BCUT2D eigenvalue weighted by Gasteiger charge is -2.27. The highest BCUT2D eigenvalue weighted by atomic mass is 35.5. The molecule has 1 N–H and O–H groups in total. The van der Waals surface area contributed by atoms with Gasteiger partial charge in [0.25, 0.3) is 0 Å². The lowest BCUT2D eigenvalue weighted by molar-refractivity contribution is 0.00397. The molecule has 19 heavy (non-hydrogen) atoms. The number of hydrogen-bond donors (Lipinski definition) is 1. The maximum Gasteiger partial charge on any atom is 0.242 e. The number of benzene rings is 1. The standard InChI is InChI=1S/C13H18ClNO3S/c1-10-8-11(6-7-18-10)9-15-19(16,17)13-5-3-2-4-12(13)14/h2-5,10-11,15H,6-9H2,1H3. The van der Waals surface area contributed by atoms with E-state index < -0.39 is 10.0 Å². The van der Waals surface area contributed by atoms with Crippen LogP contribution in [0.5, 0.6) is 0 Å². The summed E-state index contributed by atoms with van der Waals surface area (Å²) in [5, 5.41) is 0.246. The van der Waals surface area contributed by atoms with E-state index in [-0.39, 0.29) is 16.0 Å². The third-order valence-electron chi connectivity index (χ3n) is 3.28. The SMILES string of the molecule is CC1CC(CNS(=O)(=O)c2ccccc2Cl)CCO1. The van der Waals surface area contributed by atoms with Gasteiger partial charge in [-0.05, 0) is 37.8 Å². The van der Waals surface area contributed by atoms with Crippen LogP contribution in [0.15, 0.2) is 29.2 Å². The third kappa shape index (κ3) is 3.92. The first kappa shape index (κ1) is 14.8. The van der Waals surface area contributed by atoms with Gasteiger partial charge in [0.1, 0.15) is 4.90 Å². The Morgan fingerprint density at radius 1 is 1.42 bits per heavy atom. The summed E-state index contributed by atoms with van der Waals surface area (Å²) in [6.45, 7) is 3.13. The number of rotatable bonds is 4. The predicted molar refractivity (Wildman–Crippen MR) is 74.8 cm³/mol. The second-order valence-corrected chi connectivity index (χ2v) is 7.00. The predicted octanol–water partition coefficient (Wildman–Crippen LogP) is 2.43. The van der Waals surface area contributed by atoms with Crippen molar-refractivity contribution in [2.75, 3.05) is 13.2 Å². The van der Waals surface area contributed by atoms with E-state index in [4.69, 9.17) is 16.3 Å². The lowest BCUT2D eigenvalue weighted by Crippen LogP contribution is -2.34. The van der Waals surface area contributed by atoms with Crippen LogP contribution in [-0.4, -0.2) is 27.7 Å². The minimum absolute atomic E-state index is 0.136. The molecule has 6 heteroatoms. The van der Waals surface area contributed by atoms with E-state index in [9.17, 15) is 8.42 Å². The average molecular weight is 304 g/mol. The van der Waals surface area contributed by atoms with Crippen molar-refractivity contribution in [3.8, 4) is 0 Å². The largest absolute Gasteiger partial charge is 0.378 e. The normalized spacial score (nSPS) is 24.3. The molecule has 4 nitrogen and oxygen atoms in total. The number of nitrogens with one attached hydrogen (secondary N) is 1. The van der Waals surface area contributed by atoms with E-state index in [2.05, 4.69) is 4.72 Å². The van der Waals surface area contributed by atoms with Gasteiger partial charge in [0.15, 0.2) is 0 Å². The summed E-state index contributed by atoms with van der Waals surface area (Å²) in [4.78, 5) is 0.136. The molecule has 2 rings (SSSR count). The van der Waals surface area contributed by atoms with E-state index in [1.54, 1.807) is 18.2 Å². The Morgan fingerprint density at radius 2 is 2.16 bits per heavy atom. The lowest BCUT2D eigenvalue weighted by atomic mass is 9.97. The van der Waals surface area contributed by atoms with Gasteiger partial charge in [-0.2, -0.15) is 0 Å². The van der Waals surface area contributed by atoms with Gasteiger partial charge < -0.3 is 4.74 Å². The molecule has 1 fully saturated rings. The zero-order valence-corrected chi connectivity index (χ0v) is 12.4. The van der Waals surface area contributed by atoms with Gasteiger partial charge in [-0.3, -0.25) is 0 Å². The second kappa shape index (κ2) is 6.22. The topological polar surface area (TPSA) is 55.4 Å². The molecule has 0 saturated carbocycles. The van der Waals surface area contributed by atoms with Crippen LogP contribution >= 0.6 is 11.6 Å². The van der Waals surface area contributed by atoms with Crippen molar-refractivity contribution in [1.82, 2.24) is 4.72 Å². The summed E-state index contributed by atoms with van der Waals surface area (Å²) in [6, 6.07) is 6.46. The van der Waals surface area contributed by atoms with Crippen LogP contribution in [-0.2, 0) is 14.8 Å². The minimum atomic E-state index is -3.53. The van der Waals surface area contributed by atoms with Crippen LogP contribution in [0.4, 0.5) is 0 Å². The molecule has 0 radical (unpaired) electrons. The first-order valence-corrected chi connectivity index (χ1v) is 8.21. The Hall–Kier alpha value is -0.620. The smallest absolute Gasteiger partial charge is 0.242 e. The summed E-state index contributed by atoms with van der Waals surface area (Å²) in [5.74, 6) is 0.320. The minimum Gasteiger partial charge on any atom is -0.378 e. The molecule has 0 amide bonds. The maximum atomic E-state index is 12.2. The molecular weight excluding hydrogens is 286 g/mol. The van der Waals surface area contributed by atoms with Crippen LogP contribution in [0.1, 0.15) is 19.8 Å². The highest BCUT2D eigenvalue weighted by Gasteiger charge is 2.23. The molecule has 2 unspecified atom stereocenters. The Morgan fingerprint density at radius 3 is 2.84 bits per heavy atom. The second-order valence-electron chi connectivity index (χ2n) is 4.85. The van der Waals surface area contributed by atoms with Crippen molar-refractivity contribution < 1.29 is 13.2 Å². The Bertz CT molecular complexity index is 532. The molecule has 2 atom stereocenters. The molecule has 0 spiro atoms. The average Bonchev–Trinajstić information content (AvgIpc) is 2.37. The van der Waals surface area contributed by atoms with E-state index in [1.165, 1.54) is 6.07 Å². The van der Waals surface area contributed by atoms with Crippen molar-refractivity contribution in [2.24, 2.45) is 5.92 Å². The van der Waals surface area contributed by atoms with Crippen molar-refractivity contribution in [1.29, 1.82) is 0 Å². The molecule has 0 bridgehead atoms. The molecule has 1 aromatic carbocycles. The van der Waals surface area contributed by atoms with E-state index in [0.717, 1.165) is 12.8 Å². The van der Waals surface area contributed by atoms with Gasteiger partial charge in [0.05, 0.1) is 11.1 Å². The first-order chi connectivity index (χ1) is 8.99. The molecule has 1 aliphatic heterocycles. The number of ether oxygens (including phenoxy) is 1. The fraction of sp³-hybridized carbons (Fsp3) is 0.538. The Labute approximate surface area is 119 Å². The zero-order chi connectivity index (χ0) is 13.9. The number of sulfonamides is 1. The molecule has 0 aliphatic carbocycles. The van der Waals surface area contributed by atoms with Gasteiger partial charge in [-0.25, -0.2) is 13.1 Å². The molecule has 106 valence electrons. The third-order valence-corrected chi connectivity index (χ3v) is 5.21. The molecular formula is C13H18ClNO3S. The molecule has 1 saturated heterocycles. The molecule has 1 aliphatic rings. The van der Waals surface area contributed by atoms with Crippen LogP contribution in [0.2, 0.25) is 5.02 Å². The van der Waals surface area contributed by atoms with Crippen LogP contribution in [0, 0.1) is 5.92 Å². The summed E-state index contributed by atoms with van der Waals surface area (Å²) in [7, 11) is -3.53. The van der Waals surface area contributed by atoms with Crippen molar-refractivity contribution in [3.63, 3.8) is 0 Å². The van der Waals surface area contributed by atoms with Gasteiger partial charge in [0, 0.05) is 13.2 Å². The van der Waals surface area contributed by atoms with Crippen molar-refractivity contribution in [2.45, 2.75) is 30.8 Å². The van der Waals surface area contributed by atoms with E-state index >= 15 is 0 Å². The van der Waals surface area contributed by atoms with E-state index in [1.807, 2.05) is 6.92 Å². The van der Waals surface area contributed by atoms with Gasteiger partial charge in [-0.1, -0.05) is 23.7 Å². The Kier molecular flexibility index (Phi) is 4.84. The van der Waals surface area contributed by atoms with Crippen LogP contribution in [0.3, 0.4) is 0 Å². The van der Waals surface area contributed by atoms with Gasteiger partial charge in [0.2, 0.25) is 10.0 Å². The molecule has 0 aromatic heterocycles. The van der Waals surface area contributed by atoms with Crippen molar-refractivity contribution in [3.05, 3.63) is 29.3 Å². The summed E-state index contributed by atoms with van der Waals surface area (Å²) < 4.78 is 32.4. The van der Waals surface area contributed by atoms with Crippen molar-refractivity contribution >= 4 is 21.6 Å². The van der Waals surface area contributed by atoms with E-state index in [0.29, 0.717) is 19.1 Å².